The Kier molecular flexibility index (Phi) is 6.45. The van der Waals surface area contributed by atoms with Crippen LogP contribution in [0.5, 0.6) is 0 Å². The lowest BCUT2D eigenvalue weighted by Gasteiger charge is -2.22. The van der Waals surface area contributed by atoms with Crippen molar-refractivity contribution in [2.24, 2.45) is 17.0 Å². The number of carbonyl (C=O) groups is 2. The molecule has 0 fully saturated rings. The number of benzene rings is 2. The molecule has 2 atom stereocenters. The molecule has 0 aromatic heterocycles. The van der Waals surface area contributed by atoms with Crippen molar-refractivity contribution < 1.29 is 14.3 Å². The van der Waals surface area contributed by atoms with Gasteiger partial charge >= 0.3 is 11.9 Å². The number of aryl methyl sites for hydroxylation is 2. The van der Waals surface area contributed by atoms with E-state index in [9.17, 15) is 9.59 Å². The first kappa shape index (κ1) is 19.6. The quantitative estimate of drug-likeness (QED) is 0.503. The van der Waals surface area contributed by atoms with Crippen LogP contribution in [0, 0.1) is 17.4 Å². The normalized spacial score (nSPS) is 18.8. The zero-order valence-corrected chi connectivity index (χ0v) is 15.9. The molecule has 6 nitrogen and oxygen atoms in total. The van der Waals surface area contributed by atoms with Crippen molar-refractivity contribution in [1.29, 1.82) is 5.53 Å². The van der Waals surface area contributed by atoms with Gasteiger partial charge in [0.05, 0.1) is 18.4 Å². The molecule has 0 spiro atoms. The Morgan fingerprint density at radius 3 is 1.86 bits per heavy atom. The van der Waals surface area contributed by atoms with Gasteiger partial charge in [0.25, 0.3) is 0 Å². The van der Waals surface area contributed by atoms with Gasteiger partial charge in [0.1, 0.15) is 5.53 Å². The van der Waals surface area contributed by atoms with E-state index in [4.69, 9.17) is 10.3 Å². The summed E-state index contributed by atoms with van der Waals surface area (Å²) in [6.07, 6.45) is 2.62. The third-order valence-electron chi connectivity index (χ3n) is 5.20. The Morgan fingerprint density at radius 1 is 0.929 bits per heavy atom. The van der Waals surface area contributed by atoms with Crippen LogP contribution in [-0.4, -0.2) is 18.5 Å². The molecule has 0 aliphatic heterocycles. The van der Waals surface area contributed by atoms with E-state index in [-0.39, 0.29) is 6.61 Å². The van der Waals surface area contributed by atoms with Crippen LogP contribution in [0.25, 0.3) is 0 Å². The molecule has 4 aliphatic rings. The number of ether oxygens (including phenoxy) is 1. The highest BCUT2D eigenvalue weighted by molar-refractivity contribution is 5.86. The Labute approximate surface area is 164 Å². The fourth-order valence-corrected chi connectivity index (χ4v) is 3.64. The molecule has 1 N–H and O–H groups in total. The fraction of sp³-hybridized carbons (Fsp3) is 0.364. The molecule has 0 heterocycles. The number of hydrogen-bond acceptors (Lipinski definition) is 4. The molecular weight excluding hydrogens is 354 g/mol. The van der Waals surface area contributed by atoms with Crippen LogP contribution in [0.15, 0.2) is 53.6 Å². The van der Waals surface area contributed by atoms with Gasteiger partial charge in [-0.3, -0.25) is 9.59 Å². The SMILES string of the molecule is CCOC(=O)C1Cc2ccc(cc2)CCc2ccc(cc2)CC1C(=O)N=[N+]=N. The molecular formula is C22H24N3O3+. The largest absolute Gasteiger partial charge is 0.466 e. The van der Waals surface area contributed by atoms with E-state index < -0.39 is 23.7 Å². The molecule has 144 valence electrons. The van der Waals surface area contributed by atoms with Crippen molar-refractivity contribution in [2.45, 2.75) is 32.6 Å². The minimum absolute atomic E-state index is 0.240. The number of nitrogens with one attached hydrogen (secondary N) is 1. The highest BCUT2D eigenvalue weighted by atomic mass is 16.5. The van der Waals surface area contributed by atoms with E-state index in [0.717, 1.165) is 24.0 Å². The molecule has 28 heavy (non-hydrogen) atoms. The van der Waals surface area contributed by atoms with Crippen LogP contribution in [0.3, 0.4) is 0 Å². The second-order valence-corrected chi connectivity index (χ2v) is 7.04. The molecule has 6 rings (SSSR count). The molecule has 4 aliphatic carbocycles. The van der Waals surface area contributed by atoms with E-state index in [0.29, 0.717) is 12.8 Å². The summed E-state index contributed by atoms with van der Waals surface area (Å²) < 4.78 is 5.27. The van der Waals surface area contributed by atoms with Gasteiger partial charge in [0.15, 0.2) is 5.11 Å². The van der Waals surface area contributed by atoms with Crippen LogP contribution in [0.1, 0.15) is 29.2 Å². The molecule has 0 saturated carbocycles. The number of amides is 1. The monoisotopic (exact) mass is 378 g/mol. The van der Waals surface area contributed by atoms with Gasteiger partial charge in [0, 0.05) is 0 Å². The number of carbonyl (C=O) groups excluding carboxylic acids is 2. The average molecular weight is 378 g/mol. The lowest BCUT2D eigenvalue weighted by molar-refractivity contribution is -0.152. The van der Waals surface area contributed by atoms with Crippen molar-refractivity contribution >= 4 is 11.9 Å². The Balaban J connectivity index is 2.06. The van der Waals surface area contributed by atoms with Gasteiger partial charge in [0.2, 0.25) is 4.91 Å². The van der Waals surface area contributed by atoms with E-state index in [1.54, 1.807) is 6.92 Å². The standard InChI is InChI=1S/C22H24N3O3/c1-2-28-22(27)20-14-18-11-7-16(8-12-18)4-3-15-5-9-17(10-6-15)13-19(20)21(26)24-25-23/h5-12,19-20,23H,2-4,13-14H2,1H3/q+1. The van der Waals surface area contributed by atoms with E-state index >= 15 is 0 Å². The van der Waals surface area contributed by atoms with Crippen LogP contribution in [0.4, 0.5) is 0 Å². The number of rotatable bonds is 3. The lowest BCUT2D eigenvalue weighted by atomic mass is 9.81. The number of nitrogens with zero attached hydrogens (tertiary/aromatic N) is 2. The van der Waals surface area contributed by atoms with E-state index in [1.165, 1.54) is 11.1 Å². The molecule has 0 radical (unpaired) electrons. The summed E-state index contributed by atoms with van der Waals surface area (Å²) in [5.41, 5.74) is 11.3. The maximum absolute atomic E-state index is 12.7. The first-order chi connectivity index (χ1) is 13.6. The summed E-state index contributed by atoms with van der Waals surface area (Å²) in [6, 6.07) is 16.2. The van der Waals surface area contributed by atoms with Gasteiger partial charge in [-0.15, -0.1) is 0 Å². The van der Waals surface area contributed by atoms with Crippen molar-refractivity contribution in [2.75, 3.05) is 6.61 Å². The third-order valence-corrected chi connectivity index (χ3v) is 5.20. The van der Waals surface area contributed by atoms with E-state index in [1.807, 2.05) is 24.3 Å². The lowest BCUT2D eigenvalue weighted by Crippen LogP contribution is -2.34. The Bertz CT molecular complexity index is 884. The first-order valence-electron chi connectivity index (χ1n) is 9.54. The van der Waals surface area contributed by atoms with Gasteiger partial charge in [-0.1, -0.05) is 48.5 Å². The molecule has 2 aromatic rings. The number of hydrogen-bond donors (Lipinski definition) is 1. The third kappa shape index (κ3) is 4.78. The van der Waals surface area contributed by atoms with Crippen molar-refractivity contribution in [3.8, 4) is 0 Å². The molecule has 2 unspecified atom stereocenters. The van der Waals surface area contributed by atoms with Gasteiger partial charge in [-0.05, 0) is 54.9 Å². The fourth-order valence-electron chi connectivity index (χ4n) is 3.64. The molecule has 2 aromatic carbocycles. The van der Waals surface area contributed by atoms with Crippen LogP contribution < -0.4 is 4.91 Å². The summed E-state index contributed by atoms with van der Waals surface area (Å²) in [4.78, 5) is 28.3. The highest BCUT2D eigenvalue weighted by Gasteiger charge is 2.37. The zero-order chi connectivity index (χ0) is 19.9. The predicted octanol–water partition coefficient (Wildman–Crippen LogP) is 3.44. The van der Waals surface area contributed by atoms with Crippen LogP contribution in [0.2, 0.25) is 0 Å². The average Bonchev–Trinajstić information content (AvgIpc) is 2.71. The van der Waals surface area contributed by atoms with Crippen molar-refractivity contribution in [1.82, 2.24) is 4.91 Å². The van der Waals surface area contributed by atoms with Gasteiger partial charge < -0.3 is 4.74 Å². The maximum atomic E-state index is 12.7. The Morgan fingerprint density at radius 2 is 1.39 bits per heavy atom. The topological polar surface area (TPSA) is 93.7 Å². The van der Waals surface area contributed by atoms with Gasteiger partial charge in [-0.25, -0.2) is 0 Å². The molecule has 4 bridgehead atoms. The smallest absolute Gasteiger partial charge is 0.334 e. The van der Waals surface area contributed by atoms with Crippen molar-refractivity contribution in [3.63, 3.8) is 0 Å². The molecule has 0 saturated heterocycles. The zero-order valence-electron chi connectivity index (χ0n) is 15.9. The molecule has 1 amide bonds. The van der Waals surface area contributed by atoms with Crippen LogP contribution >= 0.6 is 0 Å². The second-order valence-electron chi connectivity index (χ2n) is 7.04. The first-order valence-corrected chi connectivity index (χ1v) is 9.54. The summed E-state index contributed by atoms with van der Waals surface area (Å²) >= 11 is 0. The highest BCUT2D eigenvalue weighted by Crippen LogP contribution is 2.26. The summed E-state index contributed by atoms with van der Waals surface area (Å²) in [5, 5.41) is 3.41. The predicted molar refractivity (Wildman–Crippen MR) is 104 cm³/mol. The Hall–Kier alpha value is -3.11. The van der Waals surface area contributed by atoms with Crippen LogP contribution in [-0.2, 0) is 40.0 Å². The number of esters is 1. The maximum Gasteiger partial charge on any atom is 0.334 e. The summed E-state index contributed by atoms with van der Waals surface area (Å²) in [6.45, 7) is 1.98. The summed E-state index contributed by atoms with van der Waals surface area (Å²) in [5.74, 6) is -2.41. The van der Waals surface area contributed by atoms with Gasteiger partial charge in [-0.2, -0.15) is 0 Å². The second kappa shape index (κ2) is 9.20. The van der Waals surface area contributed by atoms with Crippen molar-refractivity contribution in [3.05, 3.63) is 70.8 Å². The van der Waals surface area contributed by atoms with E-state index in [2.05, 4.69) is 34.3 Å². The molecule has 6 heteroatoms. The minimum atomic E-state index is -0.735. The summed E-state index contributed by atoms with van der Waals surface area (Å²) in [7, 11) is 0. The minimum Gasteiger partial charge on any atom is -0.466 e.